The van der Waals surface area contributed by atoms with Gasteiger partial charge in [0, 0.05) is 24.2 Å². The second kappa shape index (κ2) is 11.1. The van der Waals surface area contributed by atoms with Gasteiger partial charge in [0.15, 0.2) is 0 Å². The van der Waals surface area contributed by atoms with Crippen LogP contribution < -0.4 is 10.6 Å². The summed E-state index contributed by atoms with van der Waals surface area (Å²) >= 11 is 0.725. The maximum absolute atomic E-state index is 13.9. The first kappa shape index (κ1) is 25.2. The van der Waals surface area contributed by atoms with Crippen LogP contribution in [0.25, 0.3) is 6.08 Å². The number of hydrogen-bond acceptors (Lipinski definition) is 5. The van der Waals surface area contributed by atoms with Gasteiger partial charge in [-0.3, -0.25) is 24.1 Å². The van der Waals surface area contributed by atoms with Crippen molar-refractivity contribution in [2.45, 2.75) is 26.8 Å². The molecule has 9 heteroatoms. The standard InChI is InChI=1S/C25H26FN3O4S/c1-15(2)21(28-22(30)17-10-8-16(3)9-11-17)23(31)27-12-13-29-24(32)20(34-25(29)33)14-18-6-4-5-7-19(18)26/h4-11,14-15,21H,12-13H2,1-3H3,(H,27,31)(H,28,30). The van der Waals surface area contributed by atoms with Gasteiger partial charge in [-0.1, -0.05) is 49.7 Å². The van der Waals surface area contributed by atoms with E-state index in [9.17, 15) is 23.6 Å². The van der Waals surface area contributed by atoms with Gasteiger partial charge in [0.05, 0.1) is 4.91 Å². The number of aryl methyl sites for hydroxylation is 1. The second-order valence-electron chi connectivity index (χ2n) is 8.21. The van der Waals surface area contributed by atoms with Gasteiger partial charge in [-0.15, -0.1) is 0 Å². The number of imide groups is 1. The summed E-state index contributed by atoms with van der Waals surface area (Å²) in [5.74, 6) is -1.99. The molecule has 2 aromatic rings. The smallest absolute Gasteiger partial charge is 0.293 e. The largest absolute Gasteiger partial charge is 0.353 e. The number of nitrogens with zero attached hydrogens (tertiary/aromatic N) is 1. The quantitative estimate of drug-likeness (QED) is 0.558. The van der Waals surface area contributed by atoms with E-state index in [1.807, 2.05) is 32.9 Å². The fourth-order valence-corrected chi connectivity index (χ4v) is 4.15. The molecule has 1 fully saturated rings. The maximum atomic E-state index is 13.9. The molecule has 1 atom stereocenters. The average molecular weight is 484 g/mol. The lowest BCUT2D eigenvalue weighted by Crippen LogP contribution is -2.51. The maximum Gasteiger partial charge on any atom is 0.293 e. The van der Waals surface area contributed by atoms with Crippen molar-refractivity contribution in [2.24, 2.45) is 5.92 Å². The van der Waals surface area contributed by atoms with E-state index in [-0.39, 0.29) is 35.4 Å². The number of carbonyl (C=O) groups excluding carboxylic acids is 4. The van der Waals surface area contributed by atoms with Crippen molar-refractivity contribution in [1.29, 1.82) is 0 Å². The van der Waals surface area contributed by atoms with Crippen LogP contribution in [0.4, 0.5) is 9.18 Å². The molecule has 0 spiro atoms. The molecule has 2 N–H and O–H groups in total. The van der Waals surface area contributed by atoms with Crippen molar-refractivity contribution in [3.8, 4) is 0 Å². The van der Waals surface area contributed by atoms with Gasteiger partial charge < -0.3 is 10.6 Å². The summed E-state index contributed by atoms with van der Waals surface area (Å²) in [5, 5.41) is 4.93. The van der Waals surface area contributed by atoms with E-state index in [1.54, 1.807) is 18.2 Å². The zero-order chi connectivity index (χ0) is 24.8. The fourth-order valence-electron chi connectivity index (χ4n) is 3.29. The van der Waals surface area contributed by atoms with Crippen LogP contribution >= 0.6 is 11.8 Å². The number of rotatable bonds is 8. The van der Waals surface area contributed by atoms with E-state index in [1.165, 1.54) is 24.3 Å². The van der Waals surface area contributed by atoms with Crippen molar-refractivity contribution in [3.05, 3.63) is 75.9 Å². The van der Waals surface area contributed by atoms with E-state index >= 15 is 0 Å². The topological polar surface area (TPSA) is 95.6 Å². The summed E-state index contributed by atoms with van der Waals surface area (Å²) in [4.78, 5) is 51.2. The molecular formula is C25H26FN3O4S. The average Bonchev–Trinajstić information content (AvgIpc) is 3.06. The van der Waals surface area contributed by atoms with Crippen molar-refractivity contribution < 1.29 is 23.6 Å². The number of hydrogen-bond donors (Lipinski definition) is 2. The molecule has 0 aromatic heterocycles. The van der Waals surface area contributed by atoms with Crippen molar-refractivity contribution in [2.75, 3.05) is 13.1 Å². The highest BCUT2D eigenvalue weighted by molar-refractivity contribution is 8.18. The van der Waals surface area contributed by atoms with Crippen LogP contribution in [0.5, 0.6) is 0 Å². The van der Waals surface area contributed by atoms with Gasteiger partial charge in [0.1, 0.15) is 11.9 Å². The Morgan fingerprint density at radius 3 is 2.41 bits per heavy atom. The van der Waals surface area contributed by atoms with Gasteiger partial charge in [-0.2, -0.15) is 0 Å². The summed E-state index contributed by atoms with van der Waals surface area (Å²) in [6.45, 7) is 5.52. The molecular weight excluding hydrogens is 457 g/mol. The Labute approximate surface area is 201 Å². The first-order chi connectivity index (χ1) is 16.2. The van der Waals surface area contributed by atoms with Crippen LogP contribution in [0, 0.1) is 18.7 Å². The molecule has 34 heavy (non-hydrogen) atoms. The number of benzene rings is 2. The SMILES string of the molecule is Cc1ccc(C(=O)NC(C(=O)NCCN2C(=O)SC(=Cc3ccccc3F)C2=O)C(C)C)cc1. The van der Waals surface area contributed by atoms with Crippen LogP contribution in [0.1, 0.15) is 35.3 Å². The highest BCUT2D eigenvalue weighted by Crippen LogP contribution is 2.32. The Morgan fingerprint density at radius 1 is 1.09 bits per heavy atom. The lowest BCUT2D eigenvalue weighted by atomic mass is 10.0. The van der Waals surface area contributed by atoms with Crippen LogP contribution in [0.2, 0.25) is 0 Å². The van der Waals surface area contributed by atoms with Crippen molar-refractivity contribution in [3.63, 3.8) is 0 Å². The lowest BCUT2D eigenvalue weighted by Gasteiger charge is -2.22. The van der Waals surface area contributed by atoms with Crippen LogP contribution in [0.15, 0.2) is 53.4 Å². The number of thioether (sulfide) groups is 1. The van der Waals surface area contributed by atoms with Crippen LogP contribution in [0.3, 0.4) is 0 Å². The molecule has 7 nitrogen and oxygen atoms in total. The van der Waals surface area contributed by atoms with E-state index in [0.29, 0.717) is 5.56 Å². The Bertz CT molecular complexity index is 1130. The normalized spacial score (nSPS) is 15.7. The third-order valence-corrected chi connectivity index (χ3v) is 6.16. The van der Waals surface area contributed by atoms with E-state index in [0.717, 1.165) is 22.2 Å². The van der Waals surface area contributed by atoms with E-state index < -0.39 is 28.9 Å². The summed E-state index contributed by atoms with van der Waals surface area (Å²) in [5.41, 5.74) is 1.68. The van der Waals surface area contributed by atoms with Gasteiger partial charge in [0.25, 0.3) is 17.1 Å². The molecule has 0 bridgehead atoms. The molecule has 1 aliphatic rings. The second-order valence-corrected chi connectivity index (χ2v) is 9.20. The molecule has 0 radical (unpaired) electrons. The number of carbonyl (C=O) groups is 4. The fraction of sp³-hybridized carbons (Fsp3) is 0.280. The predicted octanol–water partition coefficient (Wildman–Crippen LogP) is 3.74. The molecule has 1 heterocycles. The molecule has 4 amide bonds. The predicted molar refractivity (Wildman–Crippen MR) is 129 cm³/mol. The number of amides is 4. The summed E-state index contributed by atoms with van der Waals surface area (Å²) in [6, 6.07) is 12.2. The minimum absolute atomic E-state index is 0.0213. The summed E-state index contributed by atoms with van der Waals surface area (Å²) in [6.07, 6.45) is 1.34. The Hall–Kier alpha value is -3.46. The number of halogens is 1. The molecule has 0 aliphatic carbocycles. The summed E-state index contributed by atoms with van der Waals surface area (Å²) in [7, 11) is 0. The molecule has 1 unspecified atom stereocenters. The first-order valence-electron chi connectivity index (χ1n) is 10.8. The molecule has 2 aromatic carbocycles. The molecule has 1 saturated heterocycles. The van der Waals surface area contributed by atoms with E-state index in [4.69, 9.17) is 0 Å². The molecule has 1 aliphatic heterocycles. The van der Waals surface area contributed by atoms with Gasteiger partial charge >= 0.3 is 0 Å². The van der Waals surface area contributed by atoms with Crippen LogP contribution in [-0.4, -0.2) is 47.0 Å². The Balaban J connectivity index is 1.57. The monoisotopic (exact) mass is 483 g/mol. The highest BCUT2D eigenvalue weighted by atomic mass is 32.2. The number of nitrogens with one attached hydrogen (secondary N) is 2. The Morgan fingerprint density at radius 2 is 1.76 bits per heavy atom. The molecule has 3 rings (SSSR count). The van der Waals surface area contributed by atoms with E-state index in [2.05, 4.69) is 10.6 Å². The summed E-state index contributed by atoms with van der Waals surface area (Å²) < 4.78 is 13.9. The van der Waals surface area contributed by atoms with Crippen LogP contribution in [-0.2, 0) is 9.59 Å². The zero-order valence-electron chi connectivity index (χ0n) is 19.1. The molecule has 178 valence electrons. The molecule has 0 saturated carbocycles. The first-order valence-corrected chi connectivity index (χ1v) is 11.6. The zero-order valence-corrected chi connectivity index (χ0v) is 19.9. The Kier molecular flexibility index (Phi) is 8.22. The third-order valence-electron chi connectivity index (χ3n) is 5.25. The van der Waals surface area contributed by atoms with Crippen molar-refractivity contribution >= 4 is 40.8 Å². The van der Waals surface area contributed by atoms with Gasteiger partial charge in [-0.25, -0.2) is 4.39 Å². The highest BCUT2D eigenvalue weighted by Gasteiger charge is 2.35. The van der Waals surface area contributed by atoms with Gasteiger partial charge in [0.2, 0.25) is 5.91 Å². The van der Waals surface area contributed by atoms with Gasteiger partial charge in [-0.05, 0) is 48.9 Å². The minimum atomic E-state index is -0.787. The minimum Gasteiger partial charge on any atom is -0.353 e. The van der Waals surface area contributed by atoms with Crippen molar-refractivity contribution in [1.82, 2.24) is 15.5 Å². The third kappa shape index (κ3) is 6.11. The lowest BCUT2D eigenvalue weighted by molar-refractivity contribution is -0.125.